The van der Waals surface area contributed by atoms with Crippen molar-refractivity contribution in [3.05, 3.63) is 0 Å². The van der Waals surface area contributed by atoms with E-state index in [0.29, 0.717) is 12.8 Å². The lowest BCUT2D eigenvalue weighted by Crippen LogP contribution is -2.60. The van der Waals surface area contributed by atoms with E-state index < -0.39 is 49.5 Å². The van der Waals surface area contributed by atoms with Crippen LogP contribution < -0.4 is 5.32 Å². The van der Waals surface area contributed by atoms with Crippen LogP contribution in [0.3, 0.4) is 0 Å². The van der Waals surface area contributed by atoms with Gasteiger partial charge in [-0.05, 0) is 12.8 Å². The van der Waals surface area contributed by atoms with E-state index >= 15 is 0 Å². The van der Waals surface area contributed by atoms with E-state index in [1.807, 2.05) is 0 Å². The Hall–Kier alpha value is -0.810. The van der Waals surface area contributed by atoms with Crippen LogP contribution in [0.15, 0.2) is 0 Å². The predicted octanol–water partition coefficient (Wildman–Crippen LogP) is 10.7. The molecule has 1 amide bonds. The summed E-state index contributed by atoms with van der Waals surface area (Å²) in [5, 5.41) is 54.4. The highest BCUT2D eigenvalue weighted by atomic mass is 16.7. The second-order valence-electron chi connectivity index (χ2n) is 17.6. The second kappa shape index (κ2) is 39.3. The van der Waals surface area contributed by atoms with Crippen LogP contribution in [0.1, 0.15) is 245 Å². The third-order valence-corrected chi connectivity index (χ3v) is 12.2. The van der Waals surface area contributed by atoms with Gasteiger partial charge in [0.15, 0.2) is 6.29 Å². The molecule has 1 heterocycles. The molecule has 340 valence electrons. The van der Waals surface area contributed by atoms with Crippen LogP contribution >= 0.6 is 0 Å². The summed E-state index contributed by atoms with van der Waals surface area (Å²) in [7, 11) is 0. The van der Waals surface area contributed by atoms with Crippen molar-refractivity contribution >= 4 is 5.91 Å². The molecule has 7 atom stereocenters. The van der Waals surface area contributed by atoms with E-state index in [9.17, 15) is 30.3 Å². The number of carbonyl (C=O) groups is 1. The third kappa shape index (κ3) is 30.0. The Kier molecular flexibility index (Phi) is 37.4. The standard InChI is InChI=1S/C48H95NO8/c1-3-5-7-9-11-13-15-17-18-19-20-21-22-23-24-25-26-28-30-32-34-36-38-44(52)49-41(40-56-48-47(55)46(54)45(53)43(39-50)57-48)42(51)37-35-33-31-29-27-16-14-12-10-8-6-4-2/h41-43,45-48,50-51,53-55H,3-40H2,1-2H3,(H,49,52)/t41-,42+,43+,45-,46?,47?,48+/m0/s1. The molecule has 9 heteroatoms. The summed E-state index contributed by atoms with van der Waals surface area (Å²) < 4.78 is 11.3. The summed E-state index contributed by atoms with van der Waals surface area (Å²) in [6.45, 7) is 3.85. The van der Waals surface area contributed by atoms with Gasteiger partial charge in [0.25, 0.3) is 0 Å². The van der Waals surface area contributed by atoms with Gasteiger partial charge in [-0.1, -0.05) is 226 Å². The number of hydrogen-bond acceptors (Lipinski definition) is 8. The normalized spacial score (nSPS) is 20.9. The van der Waals surface area contributed by atoms with Gasteiger partial charge < -0.3 is 40.3 Å². The van der Waals surface area contributed by atoms with Crippen LogP contribution in [-0.4, -0.2) is 87.5 Å². The van der Waals surface area contributed by atoms with E-state index in [2.05, 4.69) is 19.2 Å². The van der Waals surface area contributed by atoms with Gasteiger partial charge in [0, 0.05) is 6.42 Å². The second-order valence-corrected chi connectivity index (χ2v) is 17.6. The third-order valence-electron chi connectivity index (χ3n) is 12.2. The number of amides is 1. The molecule has 0 aliphatic carbocycles. The molecule has 1 rings (SSSR count). The van der Waals surface area contributed by atoms with E-state index in [4.69, 9.17) is 9.47 Å². The van der Waals surface area contributed by atoms with E-state index in [1.165, 1.54) is 180 Å². The van der Waals surface area contributed by atoms with E-state index in [-0.39, 0.29) is 12.5 Å². The van der Waals surface area contributed by atoms with Crippen molar-refractivity contribution in [3.8, 4) is 0 Å². The summed E-state index contributed by atoms with van der Waals surface area (Å²) in [6, 6.07) is -0.711. The van der Waals surface area contributed by atoms with Gasteiger partial charge in [0.1, 0.15) is 24.4 Å². The van der Waals surface area contributed by atoms with Crippen molar-refractivity contribution in [1.29, 1.82) is 0 Å². The highest BCUT2D eigenvalue weighted by Gasteiger charge is 2.44. The van der Waals surface area contributed by atoms with Crippen molar-refractivity contribution in [3.63, 3.8) is 0 Å². The molecule has 1 aliphatic rings. The fourth-order valence-corrected chi connectivity index (χ4v) is 8.22. The van der Waals surface area contributed by atoms with Gasteiger partial charge in [-0.25, -0.2) is 0 Å². The van der Waals surface area contributed by atoms with Gasteiger partial charge in [-0.2, -0.15) is 0 Å². The Balaban J connectivity index is 2.22. The smallest absolute Gasteiger partial charge is 0.220 e. The molecule has 0 spiro atoms. The minimum Gasteiger partial charge on any atom is -0.394 e. The molecule has 0 radical (unpaired) electrons. The first kappa shape index (κ1) is 54.2. The maximum atomic E-state index is 13.0. The first-order valence-corrected chi connectivity index (χ1v) is 24.7. The Bertz CT molecular complexity index is 862. The van der Waals surface area contributed by atoms with Gasteiger partial charge in [-0.15, -0.1) is 0 Å². The van der Waals surface area contributed by atoms with Crippen LogP contribution in [0, 0.1) is 0 Å². The van der Waals surface area contributed by atoms with Crippen LogP contribution in [-0.2, 0) is 14.3 Å². The minimum absolute atomic E-state index is 0.132. The highest BCUT2D eigenvalue weighted by molar-refractivity contribution is 5.76. The molecule has 9 nitrogen and oxygen atoms in total. The first-order chi connectivity index (χ1) is 27.8. The van der Waals surface area contributed by atoms with Crippen LogP contribution in [0.25, 0.3) is 0 Å². The number of carbonyl (C=O) groups excluding carboxylic acids is 1. The van der Waals surface area contributed by atoms with E-state index in [1.54, 1.807) is 0 Å². The van der Waals surface area contributed by atoms with Gasteiger partial charge >= 0.3 is 0 Å². The minimum atomic E-state index is -1.55. The Morgan fingerprint density at radius 2 is 0.877 bits per heavy atom. The van der Waals surface area contributed by atoms with Crippen molar-refractivity contribution in [1.82, 2.24) is 5.32 Å². The quantitative estimate of drug-likeness (QED) is 0.0334. The molecule has 0 aromatic rings. The lowest BCUT2D eigenvalue weighted by molar-refractivity contribution is -0.302. The topological polar surface area (TPSA) is 149 Å². The van der Waals surface area contributed by atoms with Gasteiger partial charge in [0.05, 0.1) is 25.4 Å². The predicted molar refractivity (Wildman–Crippen MR) is 235 cm³/mol. The molecule has 57 heavy (non-hydrogen) atoms. The monoisotopic (exact) mass is 814 g/mol. The number of rotatable bonds is 42. The number of unbranched alkanes of at least 4 members (excludes halogenated alkanes) is 32. The lowest BCUT2D eigenvalue weighted by atomic mass is 9.99. The largest absolute Gasteiger partial charge is 0.394 e. The molecule has 6 N–H and O–H groups in total. The Labute approximate surface area is 351 Å². The number of nitrogens with one attached hydrogen (secondary N) is 1. The maximum Gasteiger partial charge on any atom is 0.220 e. The molecule has 0 saturated carbocycles. The number of ether oxygens (including phenoxy) is 2. The van der Waals surface area contributed by atoms with Crippen molar-refractivity contribution in [2.24, 2.45) is 0 Å². The summed E-state index contributed by atoms with van der Waals surface area (Å²) in [4.78, 5) is 13.0. The molecule has 1 fully saturated rings. The van der Waals surface area contributed by atoms with Gasteiger partial charge in [0.2, 0.25) is 5.91 Å². The molecule has 0 bridgehead atoms. The average Bonchev–Trinajstić information content (AvgIpc) is 3.21. The molecule has 1 aliphatic heterocycles. The van der Waals surface area contributed by atoms with Crippen molar-refractivity contribution < 1.29 is 39.8 Å². The number of hydrogen-bond donors (Lipinski definition) is 6. The van der Waals surface area contributed by atoms with Crippen LogP contribution in [0.2, 0.25) is 0 Å². The number of aliphatic hydroxyl groups excluding tert-OH is 5. The average molecular weight is 814 g/mol. The fraction of sp³-hybridized carbons (Fsp3) is 0.979. The molecule has 0 aromatic carbocycles. The molecule has 0 aromatic heterocycles. The van der Waals surface area contributed by atoms with E-state index in [0.717, 1.165) is 38.5 Å². The summed E-state index contributed by atoms with van der Waals surface area (Å²) in [6.07, 6.45) is 36.9. The summed E-state index contributed by atoms with van der Waals surface area (Å²) in [5.74, 6) is -0.140. The van der Waals surface area contributed by atoms with Crippen molar-refractivity contribution in [2.45, 2.75) is 288 Å². The van der Waals surface area contributed by atoms with Crippen LogP contribution in [0.4, 0.5) is 0 Å². The van der Waals surface area contributed by atoms with Gasteiger partial charge in [-0.3, -0.25) is 4.79 Å². The SMILES string of the molecule is CCCCCCCCCCCCCCCCCCCCCCCCC(=O)N[C@@H](CO[C@@H]1O[C@H](CO)[C@H](O)C(O)C1O)[C@H](O)CCCCCCCCCCCCCC. The molecule has 2 unspecified atom stereocenters. The summed E-state index contributed by atoms with van der Waals surface area (Å²) >= 11 is 0. The highest BCUT2D eigenvalue weighted by Crippen LogP contribution is 2.23. The number of aliphatic hydroxyl groups is 5. The fourth-order valence-electron chi connectivity index (χ4n) is 8.22. The molecular weight excluding hydrogens is 719 g/mol. The maximum absolute atomic E-state index is 13.0. The zero-order chi connectivity index (χ0) is 41.6. The molecule has 1 saturated heterocycles. The summed E-state index contributed by atoms with van der Waals surface area (Å²) in [5.41, 5.74) is 0. The zero-order valence-electron chi connectivity index (χ0n) is 37.4. The van der Waals surface area contributed by atoms with Crippen molar-refractivity contribution in [2.75, 3.05) is 13.2 Å². The first-order valence-electron chi connectivity index (χ1n) is 24.7. The molecular formula is C48H95NO8. The zero-order valence-corrected chi connectivity index (χ0v) is 37.4. The lowest BCUT2D eigenvalue weighted by Gasteiger charge is -2.40. The van der Waals surface area contributed by atoms with Crippen LogP contribution in [0.5, 0.6) is 0 Å². The Morgan fingerprint density at radius 1 is 0.526 bits per heavy atom. The Morgan fingerprint density at radius 3 is 1.25 bits per heavy atom.